The van der Waals surface area contributed by atoms with Gasteiger partial charge in [0.1, 0.15) is 5.54 Å². The van der Waals surface area contributed by atoms with E-state index in [0.29, 0.717) is 0 Å². The smallest absolute Gasteiger partial charge is 0.263 e. The first-order chi connectivity index (χ1) is 8.93. The van der Waals surface area contributed by atoms with Crippen molar-refractivity contribution < 1.29 is 4.79 Å². The SMILES string of the molecule is Cc1ccc(C)n1NC(=O)C(C)(N)c1ccccc1. The lowest BCUT2D eigenvalue weighted by Crippen LogP contribution is -2.48. The molecule has 1 unspecified atom stereocenters. The molecule has 1 aromatic carbocycles. The van der Waals surface area contributed by atoms with Crippen LogP contribution >= 0.6 is 0 Å². The maximum atomic E-state index is 12.4. The highest BCUT2D eigenvalue weighted by Crippen LogP contribution is 2.18. The predicted molar refractivity (Wildman–Crippen MR) is 76.3 cm³/mol. The number of rotatable bonds is 3. The molecule has 1 heterocycles. The van der Waals surface area contributed by atoms with Gasteiger partial charge in [0.25, 0.3) is 5.91 Å². The second-order valence-electron chi connectivity index (χ2n) is 4.96. The van der Waals surface area contributed by atoms with E-state index in [4.69, 9.17) is 5.73 Å². The normalized spacial score (nSPS) is 13.9. The molecule has 0 aliphatic carbocycles. The zero-order valence-corrected chi connectivity index (χ0v) is 11.5. The molecule has 0 radical (unpaired) electrons. The second kappa shape index (κ2) is 4.90. The molecule has 19 heavy (non-hydrogen) atoms. The third kappa shape index (κ3) is 2.53. The Labute approximate surface area is 113 Å². The lowest BCUT2D eigenvalue weighted by Gasteiger charge is -2.25. The van der Waals surface area contributed by atoms with E-state index in [1.165, 1.54) is 0 Å². The van der Waals surface area contributed by atoms with E-state index in [-0.39, 0.29) is 5.91 Å². The summed E-state index contributed by atoms with van der Waals surface area (Å²) in [6.45, 7) is 5.58. The molecule has 0 spiro atoms. The molecule has 0 bridgehead atoms. The van der Waals surface area contributed by atoms with Crippen LogP contribution in [0, 0.1) is 13.8 Å². The van der Waals surface area contributed by atoms with E-state index >= 15 is 0 Å². The summed E-state index contributed by atoms with van der Waals surface area (Å²) < 4.78 is 1.75. The summed E-state index contributed by atoms with van der Waals surface area (Å²) in [5, 5.41) is 0. The van der Waals surface area contributed by atoms with Crippen LogP contribution in [0.15, 0.2) is 42.5 Å². The fraction of sp³-hybridized carbons (Fsp3) is 0.267. The first-order valence-electron chi connectivity index (χ1n) is 6.23. The molecular weight excluding hydrogens is 238 g/mol. The number of nitrogens with zero attached hydrogens (tertiary/aromatic N) is 1. The molecule has 1 atom stereocenters. The van der Waals surface area contributed by atoms with Gasteiger partial charge in [-0.3, -0.25) is 14.9 Å². The van der Waals surface area contributed by atoms with Gasteiger partial charge in [0.05, 0.1) is 0 Å². The summed E-state index contributed by atoms with van der Waals surface area (Å²) in [7, 11) is 0. The average Bonchev–Trinajstić information content (AvgIpc) is 2.71. The van der Waals surface area contributed by atoms with Crippen LogP contribution in [0.2, 0.25) is 0 Å². The molecule has 3 N–H and O–H groups in total. The van der Waals surface area contributed by atoms with Crippen molar-refractivity contribution in [1.29, 1.82) is 0 Å². The number of hydrogen-bond donors (Lipinski definition) is 2. The summed E-state index contributed by atoms with van der Waals surface area (Å²) in [6, 6.07) is 13.3. The number of nitrogens with one attached hydrogen (secondary N) is 1. The van der Waals surface area contributed by atoms with Gasteiger partial charge in [-0.25, -0.2) is 0 Å². The number of nitrogens with two attached hydrogens (primary N) is 1. The molecule has 2 aromatic rings. The molecule has 1 aromatic heterocycles. The van der Waals surface area contributed by atoms with Gasteiger partial charge in [-0.2, -0.15) is 0 Å². The van der Waals surface area contributed by atoms with Gasteiger partial charge >= 0.3 is 0 Å². The summed E-state index contributed by atoms with van der Waals surface area (Å²) >= 11 is 0. The zero-order chi connectivity index (χ0) is 14.0. The van der Waals surface area contributed by atoms with Crippen LogP contribution in [0.1, 0.15) is 23.9 Å². The fourth-order valence-corrected chi connectivity index (χ4v) is 1.98. The van der Waals surface area contributed by atoms with E-state index in [1.807, 2.05) is 56.3 Å². The Morgan fingerprint density at radius 2 is 1.63 bits per heavy atom. The maximum Gasteiger partial charge on any atom is 0.263 e. The topological polar surface area (TPSA) is 60.0 Å². The van der Waals surface area contributed by atoms with Crippen LogP contribution < -0.4 is 11.2 Å². The monoisotopic (exact) mass is 257 g/mol. The van der Waals surface area contributed by atoms with E-state index in [9.17, 15) is 4.79 Å². The van der Waals surface area contributed by atoms with Crippen molar-refractivity contribution in [2.75, 3.05) is 5.43 Å². The Morgan fingerprint density at radius 1 is 1.11 bits per heavy atom. The highest BCUT2D eigenvalue weighted by atomic mass is 16.2. The molecule has 100 valence electrons. The van der Waals surface area contributed by atoms with Gasteiger partial charge in [0.15, 0.2) is 0 Å². The number of aromatic nitrogens is 1. The van der Waals surface area contributed by atoms with Gasteiger partial charge in [-0.05, 0) is 38.5 Å². The Balaban J connectivity index is 2.25. The van der Waals surface area contributed by atoms with Gasteiger partial charge < -0.3 is 5.73 Å². The quantitative estimate of drug-likeness (QED) is 0.884. The largest absolute Gasteiger partial charge is 0.314 e. The van der Waals surface area contributed by atoms with Crippen molar-refractivity contribution in [3.05, 3.63) is 59.4 Å². The van der Waals surface area contributed by atoms with Crippen molar-refractivity contribution >= 4 is 5.91 Å². The molecule has 0 aliphatic rings. The molecule has 4 nitrogen and oxygen atoms in total. The molecule has 0 fully saturated rings. The minimum Gasteiger partial charge on any atom is -0.314 e. The van der Waals surface area contributed by atoms with Crippen molar-refractivity contribution in [3.63, 3.8) is 0 Å². The van der Waals surface area contributed by atoms with Crippen molar-refractivity contribution in [1.82, 2.24) is 4.68 Å². The van der Waals surface area contributed by atoms with Crippen LogP contribution in [-0.2, 0) is 10.3 Å². The van der Waals surface area contributed by atoms with Crippen LogP contribution in [0.5, 0.6) is 0 Å². The molecule has 4 heteroatoms. The molecule has 0 saturated carbocycles. The van der Waals surface area contributed by atoms with Crippen LogP contribution in [0.4, 0.5) is 0 Å². The van der Waals surface area contributed by atoms with Gasteiger partial charge in [0, 0.05) is 11.4 Å². The highest BCUT2D eigenvalue weighted by Gasteiger charge is 2.30. The Hall–Kier alpha value is -2.07. The molecule has 0 saturated heterocycles. The highest BCUT2D eigenvalue weighted by molar-refractivity contribution is 5.93. The third-order valence-electron chi connectivity index (χ3n) is 3.33. The average molecular weight is 257 g/mol. The fourth-order valence-electron chi connectivity index (χ4n) is 1.98. The van der Waals surface area contributed by atoms with Crippen LogP contribution in [0.25, 0.3) is 0 Å². The summed E-state index contributed by atoms with van der Waals surface area (Å²) in [5.74, 6) is -0.235. The minimum absolute atomic E-state index is 0.235. The maximum absolute atomic E-state index is 12.4. The number of aryl methyl sites for hydroxylation is 2. The van der Waals surface area contributed by atoms with Crippen molar-refractivity contribution in [2.24, 2.45) is 5.73 Å². The van der Waals surface area contributed by atoms with Gasteiger partial charge in [-0.15, -0.1) is 0 Å². The van der Waals surface area contributed by atoms with E-state index in [2.05, 4.69) is 5.43 Å². The summed E-state index contributed by atoms with van der Waals surface area (Å²) in [6.07, 6.45) is 0. The number of benzene rings is 1. The van der Waals surface area contributed by atoms with Crippen molar-refractivity contribution in [2.45, 2.75) is 26.3 Å². The predicted octanol–water partition coefficient (Wildman–Crippen LogP) is 2.05. The molecular formula is C15H19N3O. The van der Waals surface area contributed by atoms with Crippen LogP contribution in [0.3, 0.4) is 0 Å². The third-order valence-corrected chi connectivity index (χ3v) is 3.33. The zero-order valence-electron chi connectivity index (χ0n) is 11.5. The van der Waals surface area contributed by atoms with E-state index in [1.54, 1.807) is 11.6 Å². The van der Waals surface area contributed by atoms with Crippen LogP contribution in [-0.4, -0.2) is 10.6 Å². The summed E-state index contributed by atoms with van der Waals surface area (Å²) in [4.78, 5) is 12.4. The second-order valence-corrected chi connectivity index (χ2v) is 4.96. The van der Waals surface area contributed by atoms with Crippen molar-refractivity contribution in [3.8, 4) is 0 Å². The first-order valence-corrected chi connectivity index (χ1v) is 6.23. The van der Waals surface area contributed by atoms with E-state index in [0.717, 1.165) is 17.0 Å². The standard InChI is InChI=1S/C15H19N3O/c1-11-9-10-12(2)18(11)17-14(19)15(3,16)13-7-5-4-6-8-13/h4-10H,16H2,1-3H3,(H,17,19). The Kier molecular flexibility index (Phi) is 3.44. The Morgan fingerprint density at radius 3 is 2.16 bits per heavy atom. The van der Waals surface area contributed by atoms with E-state index < -0.39 is 5.54 Å². The lowest BCUT2D eigenvalue weighted by atomic mass is 9.92. The first kappa shape index (κ1) is 13.4. The number of amides is 1. The number of hydrogen-bond acceptors (Lipinski definition) is 2. The lowest BCUT2D eigenvalue weighted by molar-refractivity contribution is -0.121. The van der Waals surface area contributed by atoms with Gasteiger partial charge in [-0.1, -0.05) is 30.3 Å². The molecule has 2 rings (SSSR count). The number of carbonyl (C=O) groups excluding carboxylic acids is 1. The minimum atomic E-state index is -1.07. The van der Waals surface area contributed by atoms with Gasteiger partial charge in [0.2, 0.25) is 0 Å². The number of carbonyl (C=O) groups is 1. The molecule has 0 aliphatic heterocycles. The Bertz CT molecular complexity index is 565. The molecule has 1 amide bonds. The summed E-state index contributed by atoms with van der Waals surface area (Å²) in [5.41, 5.74) is 10.7.